The number of aromatic amines is 2. The monoisotopic (exact) mass is 327 g/mol. The molecule has 1 aromatic rings. The van der Waals surface area contributed by atoms with Crippen LogP contribution >= 0.6 is 0 Å². The number of carbonyl (C=O) groups excluding carboxylic acids is 2. The standard InChI is InChI=1S/C15H25N3O5/c1-14(2,3)22-12(20)10(7-9-8-16-18-11(9)19)17-13(21)23-15(4,5)6/h8,10H,7H2,1-6H3,(H,17,21)(H2,16,18,19)/t10-/m0/s1. The maximum Gasteiger partial charge on any atom is 0.408 e. The van der Waals surface area contributed by atoms with Crippen LogP contribution in [0.4, 0.5) is 4.79 Å². The second-order valence-electron chi connectivity index (χ2n) is 7.20. The van der Waals surface area contributed by atoms with Crippen molar-refractivity contribution in [3.63, 3.8) is 0 Å². The van der Waals surface area contributed by atoms with Crippen molar-refractivity contribution in [1.82, 2.24) is 15.5 Å². The molecule has 0 bridgehead atoms. The zero-order valence-corrected chi connectivity index (χ0v) is 14.4. The highest BCUT2D eigenvalue weighted by molar-refractivity contribution is 5.82. The molecule has 23 heavy (non-hydrogen) atoms. The number of hydrogen-bond acceptors (Lipinski definition) is 5. The highest BCUT2D eigenvalue weighted by Crippen LogP contribution is 2.12. The molecule has 0 aliphatic rings. The van der Waals surface area contributed by atoms with Gasteiger partial charge in [0.1, 0.15) is 17.2 Å². The van der Waals surface area contributed by atoms with E-state index in [1.165, 1.54) is 6.20 Å². The highest BCUT2D eigenvalue weighted by Gasteiger charge is 2.29. The van der Waals surface area contributed by atoms with Gasteiger partial charge in [0, 0.05) is 18.2 Å². The van der Waals surface area contributed by atoms with Gasteiger partial charge in [-0.15, -0.1) is 0 Å². The SMILES string of the molecule is CC(C)(C)OC(=O)N[C@@H](Cc1c[nH][nH]c1=O)C(=O)OC(C)(C)C. The molecule has 8 heteroatoms. The molecule has 1 aromatic heterocycles. The molecule has 8 nitrogen and oxygen atoms in total. The quantitative estimate of drug-likeness (QED) is 0.725. The van der Waals surface area contributed by atoms with E-state index in [1.807, 2.05) is 0 Å². The Morgan fingerprint density at radius 3 is 2.13 bits per heavy atom. The Balaban J connectivity index is 2.88. The van der Waals surface area contributed by atoms with Crippen LogP contribution in [0.2, 0.25) is 0 Å². The molecule has 0 aliphatic heterocycles. The zero-order chi connectivity index (χ0) is 17.8. The van der Waals surface area contributed by atoms with Gasteiger partial charge in [-0.3, -0.25) is 9.89 Å². The normalized spacial score (nSPS) is 13.3. The van der Waals surface area contributed by atoms with Crippen LogP contribution in [0, 0.1) is 0 Å². The van der Waals surface area contributed by atoms with Gasteiger partial charge in [-0.25, -0.2) is 9.59 Å². The van der Waals surface area contributed by atoms with Crippen LogP contribution in [-0.4, -0.2) is 39.5 Å². The van der Waals surface area contributed by atoms with E-state index < -0.39 is 29.3 Å². The number of nitrogens with one attached hydrogen (secondary N) is 3. The molecule has 1 rings (SSSR count). The molecule has 1 atom stereocenters. The van der Waals surface area contributed by atoms with Gasteiger partial charge in [-0.05, 0) is 41.5 Å². The van der Waals surface area contributed by atoms with E-state index in [-0.39, 0.29) is 12.0 Å². The number of amides is 1. The number of carbonyl (C=O) groups is 2. The van der Waals surface area contributed by atoms with Gasteiger partial charge in [-0.2, -0.15) is 0 Å². The lowest BCUT2D eigenvalue weighted by Crippen LogP contribution is -2.47. The van der Waals surface area contributed by atoms with Crippen molar-refractivity contribution >= 4 is 12.1 Å². The van der Waals surface area contributed by atoms with Gasteiger partial charge in [-0.1, -0.05) is 0 Å². The molecule has 0 radical (unpaired) electrons. The Hall–Kier alpha value is -2.25. The lowest BCUT2D eigenvalue weighted by Gasteiger charge is -2.26. The van der Waals surface area contributed by atoms with Gasteiger partial charge in [0.15, 0.2) is 0 Å². The average Bonchev–Trinajstić information content (AvgIpc) is 2.69. The summed E-state index contributed by atoms with van der Waals surface area (Å²) in [6.45, 7) is 10.3. The summed E-state index contributed by atoms with van der Waals surface area (Å²) in [4.78, 5) is 35.8. The molecule has 0 aliphatic carbocycles. The number of ether oxygens (including phenoxy) is 2. The predicted octanol–water partition coefficient (Wildman–Crippen LogP) is 1.48. The second kappa shape index (κ2) is 6.89. The third-order valence-electron chi connectivity index (χ3n) is 2.53. The van der Waals surface area contributed by atoms with Crippen LogP contribution < -0.4 is 10.9 Å². The molecule has 0 spiro atoms. The van der Waals surface area contributed by atoms with Gasteiger partial charge in [0.05, 0.1) is 0 Å². The van der Waals surface area contributed by atoms with E-state index in [9.17, 15) is 14.4 Å². The summed E-state index contributed by atoms with van der Waals surface area (Å²) < 4.78 is 10.4. The van der Waals surface area contributed by atoms with Gasteiger partial charge < -0.3 is 19.9 Å². The summed E-state index contributed by atoms with van der Waals surface area (Å²) >= 11 is 0. The number of aromatic nitrogens is 2. The zero-order valence-electron chi connectivity index (χ0n) is 14.4. The fourth-order valence-corrected chi connectivity index (χ4v) is 1.72. The van der Waals surface area contributed by atoms with Crippen LogP contribution in [0.1, 0.15) is 47.1 Å². The first-order chi connectivity index (χ1) is 10.4. The summed E-state index contributed by atoms with van der Waals surface area (Å²) in [5, 5.41) is 7.38. The fraction of sp³-hybridized carbons (Fsp3) is 0.667. The van der Waals surface area contributed by atoms with Crippen LogP contribution in [0.5, 0.6) is 0 Å². The molecule has 1 heterocycles. The maximum atomic E-state index is 12.3. The molecular formula is C15H25N3O5. The average molecular weight is 327 g/mol. The summed E-state index contributed by atoms with van der Waals surface area (Å²) in [5.74, 6) is -0.635. The molecule has 0 unspecified atom stereocenters. The first-order valence-electron chi connectivity index (χ1n) is 7.35. The summed E-state index contributed by atoms with van der Waals surface area (Å²) in [6, 6.07) is -1.03. The van der Waals surface area contributed by atoms with E-state index in [0.717, 1.165) is 0 Å². The van der Waals surface area contributed by atoms with Crippen molar-refractivity contribution < 1.29 is 19.1 Å². The first-order valence-corrected chi connectivity index (χ1v) is 7.35. The van der Waals surface area contributed by atoms with E-state index in [1.54, 1.807) is 41.5 Å². The summed E-state index contributed by atoms with van der Waals surface area (Å²) in [5.41, 5.74) is -1.44. The first kappa shape index (κ1) is 18.8. The third-order valence-corrected chi connectivity index (χ3v) is 2.53. The molecule has 130 valence electrons. The Bertz CT molecular complexity index is 604. The van der Waals surface area contributed by atoms with E-state index >= 15 is 0 Å². The molecule has 3 N–H and O–H groups in total. The second-order valence-corrected chi connectivity index (χ2v) is 7.20. The molecule has 0 aromatic carbocycles. The van der Waals surface area contributed by atoms with Crippen molar-refractivity contribution in [2.24, 2.45) is 0 Å². The fourth-order valence-electron chi connectivity index (χ4n) is 1.72. The van der Waals surface area contributed by atoms with Gasteiger partial charge in [0.2, 0.25) is 0 Å². The van der Waals surface area contributed by atoms with E-state index in [0.29, 0.717) is 5.56 Å². The van der Waals surface area contributed by atoms with Crippen molar-refractivity contribution in [3.05, 3.63) is 22.1 Å². The van der Waals surface area contributed by atoms with Gasteiger partial charge in [0.25, 0.3) is 5.56 Å². The number of H-pyrrole nitrogens is 2. The lowest BCUT2D eigenvalue weighted by atomic mass is 10.1. The topological polar surface area (TPSA) is 113 Å². The number of hydrogen-bond donors (Lipinski definition) is 3. The van der Waals surface area contributed by atoms with Crippen molar-refractivity contribution in [1.29, 1.82) is 0 Å². The largest absolute Gasteiger partial charge is 0.458 e. The molecule has 1 amide bonds. The highest BCUT2D eigenvalue weighted by atomic mass is 16.6. The minimum Gasteiger partial charge on any atom is -0.458 e. The Morgan fingerprint density at radius 2 is 1.70 bits per heavy atom. The molecule has 0 saturated carbocycles. The van der Waals surface area contributed by atoms with Crippen molar-refractivity contribution in [3.8, 4) is 0 Å². The summed E-state index contributed by atoms with van der Waals surface area (Å²) in [7, 11) is 0. The molecule has 0 fully saturated rings. The smallest absolute Gasteiger partial charge is 0.408 e. The Morgan fingerprint density at radius 1 is 1.13 bits per heavy atom. The van der Waals surface area contributed by atoms with E-state index in [2.05, 4.69) is 15.5 Å². The minimum atomic E-state index is -1.03. The third kappa shape index (κ3) is 7.03. The number of alkyl carbamates (subject to hydrolysis) is 1. The van der Waals surface area contributed by atoms with Crippen molar-refractivity contribution in [2.75, 3.05) is 0 Å². The summed E-state index contributed by atoms with van der Waals surface area (Å²) in [6.07, 6.45) is 0.684. The van der Waals surface area contributed by atoms with Crippen LogP contribution in [0.3, 0.4) is 0 Å². The van der Waals surface area contributed by atoms with Crippen LogP contribution in [0.15, 0.2) is 11.0 Å². The van der Waals surface area contributed by atoms with Crippen LogP contribution in [-0.2, 0) is 20.7 Å². The maximum absolute atomic E-state index is 12.3. The minimum absolute atomic E-state index is 0.00695. The number of rotatable bonds is 4. The van der Waals surface area contributed by atoms with E-state index in [4.69, 9.17) is 9.47 Å². The predicted molar refractivity (Wildman–Crippen MR) is 84.1 cm³/mol. The molecule has 0 saturated heterocycles. The van der Waals surface area contributed by atoms with Crippen LogP contribution in [0.25, 0.3) is 0 Å². The lowest BCUT2D eigenvalue weighted by molar-refractivity contribution is -0.157. The van der Waals surface area contributed by atoms with Gasteiger partial charge >= 0.3 is 12.1 Å². The van der Waals surface area contributed by atoms with Crippen molar-refractivity contribution in [2.45, 2.75) is 65.2 Å². The Kier molecular flexibility index (Phi) is 5.63. The Labute approximate surface area is 134 Å². The molecular weight excluding hydrogens is 302 g/mol. The number of esters is 1.